The number of aromatic nitrogens is 3. The van der Waals surface area contributed by atoms with Crippen LogP contribution in [0, 0.1) is 5.82 Å². The summed E-state index contributed by atoms with van der Waals surface area (Å²) in [7, 11) is 1.39. The molecule has 1 amide bonds. The summed E-state index contributed by atoms with van der Waals surface area (Å²) < 4.78 is 18.3. The van der Waals surface area contributed by atoms with Gasteiger partial charge in [-0.25, -0.2) is 14.2 Å². The number of methoxy groups -OCH3 is 1. The van der Waals surface area contributed by atoms with E-state index in [1.54, 1.807) is 17.2 Å². The summed E-state index contributed by atoms with van der Waals surface area (Å²) in [4.78, 5) is 20.1. The Bertz CT molecular complexity index is 982. The number of H-pyrrole nitrogens is 1. The van der Waals surface area contributed by atoms with Gasteiger partial charge < -0.3 is 14.5 Å². The van der Waals surface area contributed by atoms with E-state index in [-0.39, 0.29) is 11.9 Å². The predicted molar refractivity (Wildman–Crippen MR) is 103 cm³/mol. The largest absolute Gasteiger partial charge is 0.453 e. The number of nitrogens with one attached hydrogen (secondary N) is 1. The van der Waals surface area contributed by atoms with Gasteiger partial charge in [-0.3, -0.25) is 5.10 Å². The Balaban J connectivity index is 1.58. The third-order valence-corrected chi connectivity index (χ3v) is 4.79. The van der Waals surface area contributed by atoms with Crippen LogP contribution in [0.15, 0.2) is 48.7 Å². The molecule has 8 heteroatoms. The fraction of sp³-hybridized carbons (Fsp3) is 0.250. The lowest BCUT2D eigenvalue weighted by atomic mass is 10.1. The van der Waals surface area contributed by atoms with E-state index in [1.165, 1.54) is 19.2 Å². The minimum Gasteiger partial charge on any atom is -0.453 e. The first-order valence-corrected chi connectivity index (χ1v) is 9.00. The molecule has 1 fully saturated rings. The molecular weight excluding hydrogens is 361 g/mol. The van der Waals surface area contributed by atoms with E-state index in [0.717, 1.165) is 17.1 Å². The van der Waals surface area contributed by atoms with Crippen LogP contribution < -0.4 is 4.90 Å². The zero-order valence-electron chi connectivity index (χ0n) is 15.4. The van der Waals surface area contributed by atoms with Gasteiger partial charge in [0.25, 0.3) is 0 Å². The van der Waals surface area contributed by atoms with E-state index in [9.17, 15) is 9.18 Å². The molecule has 0 bridgehead atoms. The molecule has 28 heavy (non-hydrogen) atoms. The van der Waals surface area contributed by atoms with Crippen LogP contribution >= 0.6 is 0 Å². The van der Waals surface area contributed by atoms with Gasteiger partial charge in [-0.1, -0.05) is 12.1 Å². The van der Waals surface area contributed by atoms with Crippen LogP contribution in [0.5, 0.6) is 0 Å². The highest BCUT2D eigenvalue weighted by molar-refractivity contribution is 5.76. The van der Waals surface area contributed by atoms with Crippen LogP contribution in [0.4, 0.5) is 15.0 Å². The third kappa shape index (κ3) is 3.53. The second kappa shape index (κ2) is 7.67. The summed E-state index contributed by atoms with van der Waals surface area (Å²) in [6.45, 7) is 2.45. The summed E-state index contributed by atoms with van der Waals surface area (Å²) in [5.41, 5.74) is 3.08. The van der Waals surface area contributed by atoms with Crippen molar-refractivity contribution in [3.8, 4) is 22.5 Å². The maximum Gasteiger partial charge on any atom is 0.409 e. The van der Waals surface area contributed by atoms with Crippen molar-refractivity contribution in [2.75, 3.05) is 38.2 Å². The number of nitrogens with zero attached hydrogens (tertiary/aromatic N) is 4. The van der Waals surface area contributed by atoms with E-state index in [1.807, 2.05) is 24.3 Å². The first kappa shape index (κ1) is 18.0. The van der Waals surface area contributed by atoms with Crippen molar-refractivity contribution in [2.24, 2.45) is 0 Å². The van der Waals surface area contributed by atoms with Crippen LogP contribution in [0.1, 0.15) is 0 Å². The van der Waals surface area contributed by atoms with Crippen molar-refractivity contribution >= 4 is 11.9 Å². The van der Waals surface area contributed by atoms with E-state index < -0.39 is 0 Å². The van der Waals surface area contributed by atoms with Gasteiger partial charge in [0.15, 0.2) is 0 Å². The number of hydrogen-bond donors (Lipinski definition) is 1. The molecule has 144 valence electrons. The topological polar surface area (TPSA) is 74.3 Å². The van der Waals surface area contributed by atoms with Gasteiger partial charge in [0, 0.05) is 43.5 Å². The van der Waals surface area contributed by atoms with E-state index in [0.29, 0.717) is 37.4 Å². The molecular formula is C20H20FN5O2. The molecule has 4 rings (SSSR count). The number of hydrogen-bond acceptors (Lipinski definition) is 5. The van der Waals surface area contributed by atoms with E-state index >= 15 is 0 Å². The number of anilines is 1. The average molecular weight is 381 g/mol. The van der Waals surface area contributed by atoms with Crippen LogP contribution in [-0.2, 0) is 4.74 Å². The first-order valence-electron chi connectivity index (χ1n) is 9.00. The third-order valence-electron chi connectivity index (χ3n) is 4.79. The SMILES string of the molecule is COC(=O)N1CCN(c2ncccc2-c2cc(-c3cccc(F)c3)n[nH]2)CC1. The Morgan fingerprint density at radius 2 is 1.96 bits per heavy atom. The van der Waals surface area contributed by atoms with Crippen molar-refractivity contribution in [2.45, 2.75) is 0 Å². The highest BCUT2D eigenvalue weighted by Gasteiger charge is 2.24. The number of halogens is 1. The number of benzene rings is 1. The number of aromatic amines is 1. The van der Waals surface area contributed by atoms with Gasteiger partial charge in [-0.15, -0.1) is 0 Å². The highest BCUT2D eigenvalue weighted by atomic mass is 19.1. The molecule has 1 aliphatic heterocycles. The van der Waals surface area contributed by atoms with E-state index in [2.05, 4.69) is 20.1 Å². The number of pyridine rings is 1. The van der Waals surface area contributed by atoms with Crippen LogP contribution in [0.2, 0.25) is 0 Å². The zero-order valence-corrected chi connectivity index (χ0v) is 15.4. The second-order valence-corrected chi connectivity index (χ2v) is 6.50. The lowest BCUT2D eigenvalue weighted by Crippen LogP contribution is -2.49. The van der Waals surface area contributed by atoms with E-state index in [4.69, 9.17) is 4.74 Å². The van der Waals surface area contributed by atoms with Gasteiger partial charge in [-0.05, 0) is 30.3 Å². The maximum absolute atomic E-state index is 13.5. The lowest BCUT2D eigenvalue weighted by Gasteiger charge is -2.35. The smallest absolute Gasteiger partial charge is 0.409 e. The number of amides is 1. The van der Waals surface area contributed by atoms with Crippen LogP contribution in [0.3, 0.4) is 0 Å². The normalized spacial score (nSPS) is 14.2. The Labute approximate surface area is 161 Å². The van der Waals surface area contributed by atoms with Crippen LogP contribution in [-0.4, -0.2) is 59.5 Å². The number of carbonyl (C=O) groups excluding carboxylic acids is 1. The summed E-state index contributed by atoms with van der Waals surface area (Å²) in [5, 5.41) is 7.36. The molecule has 0 unspecified atom stereocenters. The van der Waals surface area contributed by atoms with Crippen molar-refractivity contribution in [3.05, 3.63) is 54.5 Å². The molecule has 7 nitrogen and oxygen atoms in total. The molecule has 0 aliphatic carbocycles. The van der Waals surface area contributed by atoms with Crippen LogP contribution in [0.25, 0.3) is 22.5 Å². The Kier molecular flexibility index (Phi) is 4.92. The average Bonchev–Trinajstić information content (AvgIpc) is 3.23. The minimum atomic E-state index is -0.311. The summed E-state index contributed by atoms with van der Waals surface area (Å²) in [6.07, 6.45) is 1.43. The molecule has 3 heterocycles. The van der Waals surface area contributed by atoms with Crippen molar-refractivity contribution in [1.29, 1.82) is 0 Å². The number of carbonyl (C=O) groups is 1. The quantitative estimate of drug-likeness (QED) is 0.754. The first-order chi connectivity index (χ1) is 13.7. The molecule has 2 aromatic heterocycles. The van der Waals surface area contributed by atoms with Gasteiger partial charge in [0.05, 0.1) is 18.5 Å². The van der Waals surface area contributed by atoms with Gasteiger partial charge in [-0.2, -0.15) is 5.10 Å². The minimum absolute atomic E-state index is 0.299. The van der Waals surface area contributed by atoms with Gasteiger partial charge >= 0.3 is 6.09 Å². The number of rotatable bonds is 3. The Morgan fingerprint density at radius 3 is 2.71 bits per heavy atom. The molecule has 0 radical (unpaired) electrons. The number of ether oxygens (including phenoxy) is 1. The van der Waals surface area contributed by atoms with Crippen molar-refractivity contribution in [1.82, 2.24) is 20.1 Å². The number of piperazine rings is 1. The molecule has 1 N–H and O–H groups in total. The molecule has 3 aromatic rings. The molecule has 0 saturated carbocycles. The zero-order chi connectivity index (χ0) is 19.5. The predicted octanol–water partition coefficient (Wildman–Crippen LogP) is 3.17. The highest BCUT2D eigenvalue weighted by Crippen LogP contribution is 2.30. The summed E-state index contributed by atoms with van der Waals surface area (Å²) in [5.74, 6) is 0.522. The van der Waals surface area contributed by atoms with Gasteiger partial charge in [0.1, 0.15) is 11.6 Å². The molecule has 1 aliphatic rings. The lowest BCUT2D eigenvalue weighted by molar-refractivity contribution is 0.121. The molecule has 0 atom stereocenters. The van der Waals surface area contributed by atoms with Crippen molar-refractivity contribution in [3.63, 3.8) is 0 Å². The molecule has 0 spiro atoms. The second-order valence-electron chi connectivity index (χ2n) is 6.50. The molecule has 1 saturated heterocycles. The fourth-order valence-electron chi connectivity index (χ4n) is 3.34. The summed E-state index contributed by atoms with van der Waals surface area (Å²) >= 11 is 0. The standard InChI is InChI=1S/C20H20FN5O2/c1-28-20(27)26-10-8-25(9-11-26)19-16(6-3-7-22-19)18-13-17(23-24-18)14-4-2-5-15(21)12-14/h2-7,12-13H,8-11H2,1H3,(H,23,24). The van der Waals surface area contributed by atoms with Gasteiger partial charge in [0.2, 0.25) is 0 Å². The molecule has 1 aromatic carbocycles. The fourth-order valence-corrected chi connectivity index (χ4v) is 3.34. The Morgan fingerprint density at radius 1 is 1.14 bits per heavy atom. The monoisotopic (exact) mass is 381 g/mol. The van der Waals surface area contributed by atoms with Crippen molar-refractivity contribution < 1.29 is 13.9 Å². The Hall–Kier alpha value is -3.42. The maximum atomic E-state index is 13.5. The summed E-state index contributed by atoms with van der Waals surface area (Å²) in [6, 6.07) is 12.1.